The van der Waals surface area contributed by atoms with Gasteiger partial charge in [-0.15, -0.1) is 0 Å². The lowest BCUT2D eigenvalue weighted by Crippen LogP contribution is -2.45. The number of amides is 8. The maximum absolute atomic E-state index is 16.0. The Hall–Kier alpha value is -13.6. The van der Waals surface area contributed by atoms with Gasteiger partial charge in [-0.3, -0.25) is 57.7 Å². The van der Waals surface area contributed by atoms with Crippen molar-refractivity contribution in [3.05, 3.63) is 274 Å². The molecule has 0 radical (unpaired) electrons. The van der Waals surface area contributed by atoms with Crippen LogP contribution in [0.15, 0.2) is 218 Å². The number of imide groups is 2. The molecule has 0 unspecified atom stereocenters. The molecule has 13 rings (SSSR count). The summed E-state index contributed by atoms with van der Waals surface area (Å²) in [6.07, 6.45) is 3.54. The van der Waals surface area contributed by atoms with Crippen molar-refractivity contribution in [2.24, 2.45) is 0 Å². The van der Waals surface area contributed by atoms with Crippen LogP contribution >= 0.6 is 0 Å². The molecule has 2 heterocycles. The molecule has 2 aliphatic heterocycles. The van der Waals surface area contributed by atoms with Crippen LogP contribution in [0.2, 0.25) is 0 Å². The first-order valence-electron chi connectivity index (χ1n) is 36.9. The van der Waals surface area contributed by atoms with Crippen LogP contribution in [0.25, 0.3) is 43.1 Å². The predicted octanol–water partition coefficient (Wildman–Crippen LogP) is 17.4. The first-order chi connectivity index (χ1) is 53.7. The van der Waals surface area contributed by atoms with E-state index < -0.39 is 48.5 Å². The molecule has 564 valence electrons. The monoisotopic (exact) mass is 1490 g/mol. The van der Waals surface area contributed by atoms with Gasteiger partial charge in [-0.2, -0.15) is 0 Å². The largest absolute Gasteiger partial charge is 0.457 e. The molecule has 11 aromatic rings. The molecular weight excluding hydrogens is 1410 g/mol. The molecule has 20 heteroatoms. The summed E-state index contributed by atoms with van der Waals surface area (Å²) in [5.41, 5.74) is 7.29. The van der Waals surface area contributed by atoms with Gasteiger partial charge in [0.25, 0.3) is 23.6 Å². The van der Waals surface area contributed by atoms with Gasteiger partial charge in [0.1, 0.15) is 59.1 Å². The van der Waals surface area contributed by atoms with Crippen molar-refractivity contribution < 1.29 is 66.9 Å². The number of anilines is 2. The van der Waals surface area contributed by atoms with E-state index >= 15 is 19.2 Å². The van der Waals surface area contributed by atoms with Crippen molar-refractivity contribution in [2.45, 2.75) is 92.9 Å². The third kappa shape index (κ3) is 16.5. The maximum atomic E-state index is 16.0. The highest BCUT2D eigenvalue weighted by Gasteiger charge is 2.43. The number of aryl methyl sites for hydroxylation is 4. The highest BCUT2D eigenvalue weighted by Crippen LogP contribution is 2.58. The first-order valence-corrected chi connectivity index (χ1v) is 36.9. The van der Waals surface area contributed by atoms with Gasteiger partial charge in [-0.05, 0) is 222 Å². The van der Waals surface area contributed by atoms with Gasteiger partial charge in [0, 0.05) is 91.5 Å². The van der Waals surface area contributed by atoms with Gasteiger partial charge in [0.15, 0.2) is 11.6 Å². The van der Waals surface area contributed by atoms with Crippen LogP contribution in [0.3, 0.4) is 0 Å². The lowest BCUT2D eigenvalue weighted by molar-refractivity contribution is -0.118. The zero-order chi connectivity index (χ0) is 79.3. The quantitative estimate of drug-likeness (QED) is 0.0132. The first kappa shape index (κ1) is 76.6. The number of fused-ring (bicyclic) bond motifs is 2. The number of allylic oxidation sites excluding steroid dienone is 2. The number of carbonyl (C=O) groups excluding carboxylic acids is 10. The molecule has 11 aromatic carbocycles. The third-order valence-electron chi connectivity index (χ3n) is 19.7. The fourth-order valence-corrected chi connectivity index (χ4v) is 14.0. The van der Waals surface area contributed by atoms with Crippen molar-refractivity contribution >= 4 is 113 Å². The van der Waals surface area contributed by atoms with Crippen molar-refractivity contribution in [3.8, 4) is 46.0 Å². The Labute approximate surface area is 647 Å². The fourth-order valence-electron chi connectivity index (χ4n) is 14.0. The van der Waals surface area contributed by atoms with E-state index in [1.165, 1.54) is 24.3 Å². The van der Waals surface area contributed by atoms with Crippen molar-refractivity contribution in [3.63, 3.8) is 0 Å². The average Bonchev–Trinajstić information content (AvgIpc) is 0.672. The minimum absolute atomic E-state index is 0.00300. The van der Waals surface area contributed by atoms with Crippen LogP contribution < -0.4 is 40.2 Å². The second-order valence-corrected chi connectivity index (χ2v) is 28.6. The van der Waals surface area contributed by atoms with E-state index in [2.05, 4.69) is 47.6 Å². The molecule has 20 nitrogen and oxygen atoms in total. The van der Waals surface area contributed by atoms with Crippen molar-refractivity contribution in [1.82, 2.24) is 20.4 Å². The Bertz CT molecular complexity index is 5140. The second kappa shape index (κ2) is 32.7. The summed E-state index contributed by atoms with van der Waals surface area (Å²) in [6.45, 7) is 24.5. The number of benzene rings is 11. The number of hydrogen-bond donors (Lipinski definition) is 4. The Morgan fingerprint density at radius 1 is 0.348 bits per heavy atom. The van der Waals surface area contributed by atoms with Gasteiger partial charge in [0.05, 0.1) is 22.3 Å². The average molecular weight is 1500 g/mol. The van der Waals surface area contributed by atoms with E-state index in [1.807, 2.05) is 74.5 Å². The molecule has 4 N–H and O–H groups in total. The summed E-state index contributed by atoms with van der Waals surface area (Å²) in [7, 11) is 0. The summed E-state index contributed by atoms with van der Waals surface area (Å²) in [4.78, 5) is 145. The molecule has 0 saturated heterocycles. The highest BCUT2D eigenvalue weighted by molar-refractivity contribution is 6.45. The lowest BCUT2D eigenvalue weighted by atomic mass is 9.80. The minimum atomic E-state index is -0.866. The van der Waals surface area contributed by atoms with Crippen LogP contribution in [0.4, 0.5) is 11.4 Å². The smallest absolute Gasteiger partial charge is 0.262 e. The molecule has 0 spiro atoms. The van der Waals surface area contributed by atoms with Gasteiger partial charge >= 0.3 is 0 Å². The minimum Gasteiger partial charge on any atom is -0.457 e. The lowest BCUT2D eigenvalue weighted by Gasteiger charge is -2.32. The summed E-state index contributed by atoms with van der Waals surface area (Å²) < 4.78 is 28.9. The maximum Gasteiger partial charge on any atom is 0.262 e. The van der Waals surface area contributed by atoms with E-state index in [-0.39, 0.29) is 161 Å². The van der Waals surface area contributed by atoms with Crippen LogP contribution in [0, 0.1) is 13.8 Å². The number of carbonyl (C=O) groups is 10. The molecule has 0 bridgehead atoms. The van der Waals surface area contributed by atoms with Crippen molar-refractivity contribution in [1.29, 1.82) is 0 Å². The Morgan fingerprint density at radius 3 is 0.902 bits per heavy atom. The van der Waals surface area contributed by atoms with Crippen LogP contribution in [0.5, 0.6) is 46.0 Å². The molecule has 0 aliphatic carbocycles. The third-order valence-corrected chi connectivity index (χ3v) is 19.7. The van der Waals surface area contributed by atoms with E-state index in [9.17, 15) is 28.8 Å². The zero-order valence-corrected chi connectivity index (χ0v) is 63.1. The van der Waals surface area contributed by atoms with E-state index in [4.69, 9.17) is 18.9 Å². The summed E-state index contributed by atoms with van der Waals surface area (Å²) in [5.74, 6) is -4.52. The van der Waals surface area contributed by atoms with E-state index in [0.717, 1.165) is 43.2 Å². The van der Waals surface area contributed by atoms with Crippen LogP contribution in [-0.4, -0.2) is 94.8 Å². The SMILES string of the molecule is C=C(C)C(=O)CCCc1ccc(Oc2cc3c4c(cc(Oc5ccc(CCCC(=O)C(=C)C)cc5)c5c6c(Oc7ccc(CCNC(=O)C(=C)C)cc7)cc7c8c(cc(Oc9ccc(CCNC(=O)C(=C)C)cc9)c(c2c45)c86)C(=O)N(CC(=O)Nc2cccc(C)c2)C7=O)C(=O)N(CC(=O)Nc2cccc(C)c2)C3=O)cc1. The number of rotatable bonds is 32. The number of hydrogen-bond acceptors (Lipinski definition) is 14. The molecule has 0 aromatic heterocycles. The molecule has 112 heavy (non-hydrogen) atoms. The molecule has 0 fully saturated rings. The van der Waals surface area contributed by atoms with E-state index in [0.29, 0.717) is 72.2 Å². The Balaban J connectivity index is 1.10. The Kier molecular flexibility index (Phi) is 22.3. The van der Waals surface area contributed by atoms with E-state index in [1.54, 1.807) is 113 Å². The summed E-state index contributed by atoms with van der Waals surface area (Å²) in [5, 5.41) is 12.8. The number of Topliss-reactive ketones (excluding diaryl/α,β-unsaturated/α-hetero) is 2. The Morgan fingerprint density at radius 2 is 0.634 bits per heavy atom. The number of nitrogens with zero attached hydrogens (tertiary/aromatic N) is 2. The van der Waals surface area contributed by atoms with Gasteiger partial charge < -0.3 is 40.2 Å². The molecule has 8 amide bonds. The number of ketones is 2. The summed E-state index contributed by atoms with van der Waals surface area (Å²) in [6, 6.07) is 48.7. The van der Waals surface area contributed by atoms with Crippen molar-refractivity contribution in [2.75, 3.05) is 36.8 Å². The number of nitrogens with one attached hydrogen (secondary N) is 4. The number of ether oxygens (including phenoxy) is 4. The molecule has 0 atom stereocenters. The van der Waals surface area contributed by atoms with Crippen LogP contribution in [0.1, 0.15) is 128 Å². The standard InChI is InChI=1S/C92H82N6O14/c1-51(2)71(99)21-13-17-57-23-31-63(32-24-57)109-73-45-67-79-68(90(106)97(89(67)105)49-77(101)95-61-19-11-15-55(9)43-61)46-74(110-64-33-25-58(26-34-64)18-14-22-72(100)52(3)4)82-84-76(112-66-37-29-60(30-38-66)40-42-94-88(104)54(7)8)48-70-80-69(91(107)98(92(70)108)50-78(102)96-62-20-12-16-56(10)44-62)47-75(83(86(80)84)81(73)85(79)82)111-65-35-27-59(28-36-65)39-41-93-87(103)53(5)6/h11-12,15-16,19-20,23-38,43-48H,1,3,5,7,13-14,17-18,21-22,39-42,49-50H2,2,4,6,8-10H3,(H,93,103)(H,94,104)(H,95,101)(H,96,102). The van der Waals surface area contributed by atoms with Gasteiger partial charge in [0.2, 0.25) is 23.6 Å². The molecule has 2 aliphatic rings. The predicted molar refractivity (Wildman–Crippen MR) is 433 cm³/mol. The second-order valence-electron chi connectivity index (χ2n) is 28.6. The highest BCUT2D eigenvalue weighted by atomic mass is 16.5. The van der Waals surface area contributed by atoms with Crippen LogP contribution in [-0.2, 0) is 54.5 Å². The molecular formula is C92H82N6O14. The fraction of sp³-hybridized carbons (Fsp3) is 0.196. The topological polar surface area (TPSA) is 262 Å². The normalized spacial score (nSPS) is 12.3. The zero-order valence-electron chi connectivity index (χ0n) is 63.1. The van der Waals surface area contributed by atoms with Gasteiger partial charge in [-0.1, -0.05) is 99.1 Å². The molecule has 0 saturated carbocycles. The van der Waals surface area contributed by atoms with Gasteiger partial charge in [-0.25, -0.2) is 0 Å². The summed E-state index contributed by atoms with van der Waals surface area (Å²) >= 11 is 0.